The molecule has 0 radical (unpaired) electrons. The van der Waals surface area contributed by atoms with Crippen molar-refractivity contribution in [2.45, 2.75) is 6.04 Å². The van der Waals surface area contributed by atoms with E-state index in [9.17, 15) is 19.1 Å². The van der Waals surface area contributed by atoms with Gasteiger partial charge in [-0.1, -0.05) is 29.8 Å². The van der Waals surface area contributed by atoms with Crippen molar-refractivity contribution in [3.05, 3.63) is 88.5 Å². The molecule has 1 aliphatic heterocycles. The summed E-state index contributed by atoms with van der Waals surface area (Å²) in [5.74, 6) is -2.08. The van der Waals surface area contributed by atoms with Gasteiger partial charge in [-0.2, -0.15) is 5.10 Å². The van der Waals surface area contributed by atoms with Crippen molar-refractivity contribution in [1.82, 2.24) is 9.78 Å². The van der Waals surface area contributed by atoms with Crippen molar-refractivity contribution in [3.8, 4) is 0 Å². The van der Waals surface area contributed by atoms with Gasteiger partial charge in [0.25, 0.3) is 5.91 Å². The Morgan fingerprint density at radius 2 is 1.90 bits per heavy atom. The largest absolute Gasteiger partial charge is 0.477 e. The molecule has 0 bridgehead atoms. The molecule has 146 valence electrons. The molecule has 9 heteroatoms. The van der Waals surface area contributed by atoms with Gasteiger partial charge >= 0.3 is 5.97 Å². The summed E-state index contributed by atoms with van der Waals surface area (Å²) in [5.41, 5.74) is 0.691. The molecule has 0 spiro atoms. The highest BCUT2D eigenvalue weighted by Gasteiger charge is 2.30. The molecule has 3 N–H and O–H groups in total. The van der Waals surface area contributed by atoms with E-state index in [2.05, 4.69) is 15.7 Å². The monoisotopic (exact) mass is 412 g/mol. The van der Waals surface area contributed by atoms with Gasteiger partial charge in [-0.25, -0.2) is 13.9 Å². The number of carbonyl (C=O) groups is 2. The molecule has 7 nitrogen and oxygen atoms in total. The molecule has 1 aromatic heterocycles. The van der Waals surface area contributed by atoms with Gasteiger partial charge in [0.2, 0.25) is 0 Å². The van der Waals surface area contributed by atoms with Crippen LogP contribution in [0.3, 0.4) is 0 Å². The highest BCUT2D eigenvalue weighted by Crippen LogP contribution is 2.33. The van der Waals surface area contributed by atoms with E-state index >= 15 is 0 Å². The number of carbonyl (C=O) groups excluding carboxylic acids is 1. The number of carboxylic acids is 1. The van der Waals surface area contributed by atoms with E-state index in [1.54, 1.807) is 36.4 Å². The Labute approximate surface area is 169 Å². The Bertz CT molecular complexity index is 1140. The van der Waals surface area contributed by atoms with Crippen LogP contribution in [0.1, 0.15) is 22.0 Å². The maximum absolute atomic E-state index is 14.4. The van der Waals surface area contributed by atoms with Gasteiger partial charge in [0.05, 0.1) is 6.20 Å². The highest BCUT2D eigenvalue weighted by atomic mass is 35.5. The van der Waals surface area contributed by atoms with Crippen LogP contribution >= 0.6 is 11.6 Å². The summed E-state index contributed by atoms with van der Waals surface area (Å²) >= 11 is 5.85. The van der Waals surface area contributed by atoms with Gasteiger partial charge in [0.15, 0.2) is 0 Å². The lowest BCUT2D eigenvalue weighted by molar-refractivity contribution is -0.132. The average Bonchev–Trinajstić information content (AvgIpc) is 3.13. The predicted molar refractivity (Wildman–Crippen MR) is 106 cm³/mol. The fourth-order valence-corrected chi connectivity index (χ4v) is 3.18. The minimum atomic E-state index is -1.23. The molecule has 0 unspecified atom stereocenters. The molecule has 0 saturated carbocycles. The van der Waals surface area contributed by atoms with Crippen LogP contribution in [0.15, 0.2) is 66.5 Å². The number of hydrogen-bond acceptors (Lipinski definition) is 4. The minimum Gasteiger partial charge on any atom is -0.477 e. The number of anilines is 2. The van der Waals surface area contributed by atoms with Crippen LogP contribution in [-0.2, 0) is 4.79 Å². The van der Waals surface area contributed by atoms with E-state index in [0.717, 1.165) is 0 Å². The molecule has 1 amide bonds. The number of amides is 1. The van der Waals surface area contributed by atoms with Gasteiger partial charge in [-0.15, -0.1) is 0 Å². The maximum atomic E-state index is 14.4. The van der Waals surface area contributed by atoms with E-state index in [1.165, 1.54) is 29.1 Å². The molecule has 29 heavy (non-hydrogen) atoms. The van der Waals surface area contributed by atoms with Gasteiger partial charge in [0, 0.05) is 16.3 Å². The fraction of sp³-hybridized carbons (Fsp3) is 0.0500. The van der Waals surface area contributed by atoms with Crippen LogP contribution in [-0.4, -0.2) is 26.8 Å². The number of aromatic nitrogens is 2. The van der Waals surface area contributed by atoms with Gasteiger partial charge in [-0.3, -0.25) is 4.79 Å². The van der Waals surface area contributed by atoms with E-state index in [-0.39, 0.29) is 22.6 Å². The number of rotatable bonds is 4. The number of carboxylic acid groups (broad SMARTS) is 1. The van der Waals surface area contributed by atoms with Crippen LogP contribution in [0.2, 0.25) is 5.02 Å². The van der Waals surface area contributed by atoms with Crippen LogP contribution < -0.4 is 10.6 Å². The van der Waals surface area contributed by atoms with Crippen molar-refractivity contribution in [1.29, 1.82) is 0 Å². The Morgan fingerprint density at radius 1 is 1.17 bits per heavy atom. The van der Waals surface area contributed by atoms with Crippen LogP contribution in [0.4, 0.5) is 15.9 Å². The SMILES string of the molecule is O=C(O)C1=C[C@H](c2ccccc2F)n2ncc(C(=O)Nc3ccc(Cl)cc3)c2N1. The highest BCUT2D eigenvalue weighted by molar-refractivity contribution is 6.30. The summed E-state index contributed by atoms with van der Waals surface area (Å²) in [4.78, 5) is 24.3. The number of aliphatic carboxylic acids is 1. The van der Waals surface area contributed by atoms with Crippen molar-refractivity contribution in [2.75, 3.05) is 10.6 Å². The predicted octanol–water partition coefficient (Wildman–Crippen LogP) is 3.91. The number of allylic oxidation sites excluding steroid dienone is 1. The van der Waals surface area contributed by atoms with Gasteiger partial charge in [-0.05, 0) is 36.4 Å². The molecule has 1 aliphatic rings. The fourth-order valence-electron chi connectivity index (χ4n) is 3.05. The number of nitrogens with zero attached hydrogens (tertiary/aromatic N) is 2. The first kappa shape index (κ1) is 18.7. The summed E-state index contributed by atoms with van der Waals surface area (Å²) in [6, 6.07) is 11.7. The maximum Gasteiger partial charge on any atom is 0.352 e. The van der Waals surface area contributed by atoms with E-state index < -0.39 is 23.7 Å². The smallest absolute Gasteiger partial charge is 0.352 e. The second-order valence-electron chi connectivity index (χ2n) is 6.29. The Hall–Kier alpha value is -3.65. The molecule has 0 aliphatic carbocycles. The zero-order chi connectivity index (χ0) is 20.5. The van der Waals surface area contributed by atoms with Crippen molar-refractivity contribution >= 4 is 35.0 Å². The first-order valence-electron chi connectivity index (χ1n) is 8.55. The Balaban J connectivity index is 1.73. The van der Waals surface area contributed by atoms with E-state index in [0.29, 0.717) is 10.7 Å². The number of benzene rings is 2. The van der Waals surface area contributed by atoms with Crippen LogP contribution in [0.25, 0.3) is 0 Å². The molecule has 0 fully saturated rings. The third-order valence-electron chi connectivity index (χ3n) is 4.44. The number of nitrogens with one attached hydrogen (secondary N) is 2. The lowest BCUT2D eigenvalue weighted by atomic mass is 10.0. The second kappa shape index (κ2) is 7.40. The summed E-state index contributed by atoms with van der Waals surface area (Å²) in [5, 5.41) is 19.6. The normalized spacial score (nSPS) is 15.1. The third-order valence-corrected chi connectivity index (χ3v) is 4.69. The summed E-state index contributed by atoms with van der Waals surface area (Å²) in [6.45, 7) is 0. The van der Waals surface area contributed by atoms with Crippen molar-refractivity contribution in [3.63, 3.8) is 0 Å². The van der Waals surface area contributed by atoms with E-state index in [4.69, 9.17) is 11.6 Å². The van der Waals surface area contributed by atoms with Gasteiger partial charge in [0.1, 0.15) is 28.9 Å². The second-order valence-corrected chi connectivity index (χ2v) is 6.73. The van der Waals surface area contributed by atoms with Crippen LogP contribution in [0.5, 0.6) is 0 Å². The summed E-state index contributed by atoms with van der Waals surface area (Å²) in [7, 11) is 0. The topological polar surface area (TPSA) is 96.2 Å². The summed E-state index contributed by atoms with van der Waals surface area (Å²) < 4.78 is 15.7. The number of hydrogen-bond donors (Lipinski definition) is 3. The summed E-state index contributed by atoms with van der Waals surface area (Å²) in [6.07, 6.45) is 2.65. The quantitative estimate of drug-likeness (QED) is 0.603. The molecule has 2 heterocycles. The Morgan fingerprint density at radius 3 is 2.59 bits per heavy atom. The molecular formula is C20H14ClFN4O3. The van der Waals surface area contributed by atoms with Crippen molar-refractivity contribution in [2.24, 2.45) is 0 Å². The third kappa shape index (κ3) is 3.57. The molecule has 1 atom stereocenters. The molecule has 0 saturated heterocycles. The lowest BCUT2D eigenvalue weighted by Crippen LogP contribution is -2.26. The average molecular weight is 413 g/mol. The Kier molecular flexibility index (Phi) is 4.77. The zero-order valence-electron chi connectivity index (χ0n) is 14.8. The zero-order valence-corrected chi connectivity index (χ0v) is 15.5. The number of halogens is 2. The van der Waals surface area contributed by atoms with Crippen LogP contribution in [0, 0.1) is 5.82 Å². The number of fused-ring (bicyclic) bond motifs is 1. The lowest BCUT2D eigenvalue weighted by Gasteiger charge is -2.24. The molecule has 2 aromatic carbocycles. The minimum absolute atomic E-state index is 0.119. The van der Waals surface area contributed by atoms with Crippen molar-refractivity contribution < 1.29 is 19.1 Å². The van der Waals surface area contributed by atoms with Gasteiger partial charge < -0.3 is 15.7 Å². The first-order valence-corrected chi connectivity index (χ1v) is 8.93. The molecular weight excluding hydrogens is 399 g/mol. The van der Waals surface area contributed by atoms with E-state index in [1.807, 2.05) is 0 Å². The first-order chi connectivity index (χ1) is 13.9. The molecule has 4 rings (SSSR count). The molecule has 3 aromatic rings. The standard InChI is InChI=1S/C20H14ClFN4O3/c21-11-5-7-12(8-6-11)24-19(27)14-10-23-26-17(13-3-1-2-4-15(13)22)9-16(20(28)29)25-18(14)26/h1-10,17,25H,(H,24,27)(H,28,29)/t17-/m1/s1.